The van der Waals surface area contributed by atoms with Crippen LogP contribution in [0.2, 0.25) is 5.02 Å². The topological polar surface area (TPSA) is 55.1 Å². The van der Waals surface area contributed by atoms with Gasteiger partial charge >= 0.3 is 0 Å². The summed E-state index contributed by atoms with van der Waals surface area (Å²) in [6.45, 7) is 1.96. The zero-order chi connectivity index (χ0) is 17.1. The molecule has 2 aromatic carbocycles. The van der Waals surface area contributed by atoms with Gasteiger partial charge in [-0.15, -0.1) is 0 Å². The van der Waals surface area contributed by atoms with Gasteiger partial charge in [0.2, 0.25) is 0 Å². The van der Waals surface area contributed by atoms with Crippen LogP contribution >= 0.6 is 11.6 Å². The average molecular weight is 345 g/mol. The Labute approximate surface area is 143 Å². The smallest absolute Gasteiger partial charge is 0.257 e. The maximum absolute atomic E-state index is 13.4. The number of rotatable bonds is 4. The normalized spacial score (nSPS) is 10.6. The molecule has 3 rings (SSSR count). The number of benzene rings is 2. The minimum atomic E-state index is -0.404. The lowest BCUT2D eigenvalue weighted by molar-refractivity contribution is 0.0950. The lowest BCUT2D eigenvalue weighted by Gasteiger charge is -2.06. The largest absolute Gasteiger partial charge is 0.360 e. The molecule has 3 aromatic rings. The van der Waals surface area contributed by atoms with Gasteiger partial charge in [0.05, 0.1) is 0 Å². The van der Waals surface area contributed by atoms with E-state index in [9.17, 15) is 9.18 Å². The molecule has 4 nitrogen and oxygen atoms in total. The molecular weight excluding hydrogens is 331 g/mol. The number of hydrogen-bond acceptors (Lipinski definition) is 3. The molecule has 122 valence electrons. The van der Waals surface area contributed by atoms with E-state index >= 15 is 0 Å². The highest BCUT2D eigenvalue weighted by molar-refractivity contribution is 6.30. The van der Waals surface area contributed by atoms with Crippen LogP contribution in [0.25, 0.3) is 11.3 Å². The van der Waals surface area contributed by atoms with E-state index in [0.29, 0.717) is 34.1 Å². The van der Waals surface area contributed by atoms with Gasteiger partial charge < -0.3 is 9.84 Å². The molecule has 6 heteroatoms. The van der Waals surface area contributed by atoms with Crippen LogP contribution in [0.4, 0.5) is 4.39 Å². The van der Waals surface area contributed by atoms with Gasteiger partial charge in [0, 0.05) is 17.1 Å². The molecule has 24 heavy (non-hydrogen) atoms. The number of carbonyl (C=O) groups excluding carboxylic acids is 1. The molecule has 0 aliphatic rings. The van der Waals surface area contributed by atoms with E-state index in [-0.39, 0.29) is 5.91 Å². The average Bonchev–Trinajstić information content (AvgIpc) is 2.94. The standard InChI is InChI=1S/C18H14ClFN2O2/c1-11-16(17(22-24-11)13-5-3-7-15(20)9-13)18(23)21-10-12-4-2-6-14(19)8-12/h2-9H,10H2,1H3,(H,21,23). The van der Waals surface area contributed by atoms with Crippen LogP contribution in [0.5, 0.6) is 0 Å². The Bertz CT molecular complexity index is 892. The first-order valence-corrected chi connectivity index (χ1v) is 7.67. The number of aromatic nitrogens is 1. The monoisotopic (exact) mass is 344 g/mol. The van der Waals surface area contributed by atoms with Crippen molar-refractivity contribution < 1.29 is 13.7 Å². The van der Waals surface area contributed by atoms with Crippen molar-refractivity contribution in [1.82, 2.24) is 10.5 Å². The molecular formula is C18H14ClFN2O2. The van der Waals surface area contributed by atoms with Crippen molar-refractivity contribution in [3.05, 3.63) is 76.3 Å². The summed E-state index contributed by atoms with van der Waals surface area (Å²) < 4.78 is 18.6. The first kappa shape index (κ1) is 16.2. The highest BCUT2D eigenvalue weighted by Gasteiger charge is 2.21. The Morgan fingerprint density at radius 1 is 1.25 bits per heavy atom. The highest BCUT2D eigenvalue weighted by Crippen LogP contribution is 2.25. The van der Waals surface area contributed by atoms with E-state index in [1.54, 1.807) is 31.2 Å². The quantitative estimate of drug-likeness (QED) is 0.764. The Hall–Kier alpha value is -2.66. The van der Waals surface area contributed by atoms with E-state index < -0.39 is 5.82 Å². The van der Waals surface area contributed by atoms with Crippen molar-refractivity contribution in [2.45, 2.75) is 13.5 Å². The SMILES string of the molecule is Cc1onc(-c2cccc(F)c2)c1C(=O)NCc1cccc(Cl)c1. The zero-order valence-electron chi connectivity index (χ0n) is 12.8. The Morgan fingerprint density at radius 2 is 2.04 bits per heavy atom. The van der Waals surface area contributed by atoms with Crippen LogP contribution in [-0.2, 0) is 6.54 Å². The van der Waals surface area contributed by atoms with Crippen LogP contribution < -0.4 is 5.32 Å². The molecule has 0 saturated carbocycles. The number of carbonyl (C=O) groups is 1. The van der Waals surface area contributed by atoms with Gasteiger partial charge in [0.15, 0.2) is 0 Å². The van der Waals surface area contributed by atoms with Gasteiger partial charge in [-0.25, -0.2) is 4.39 Å². The van der Waals surface area contributed by atoms with Crippen LogP contribution in [0.15, 0.2) is 53.1 Å². The molecule has 1 amide bonds. The molecule has 0 bridgehead atoms. The van der Waals surface area contributed by atoms with Crippen LogP contribution in [0, 0.1) is 12.7 Å². The summed E-state index contributed by atoms with van der Waals surface area (Å²) >= 11 is 5.93. The summed E-state index contributed by atoms with van der Waals surface area (Å²) in [6.07, 6.45) is 0. The van der Waals surface area contributed by atoms with Gasteiger partial charge in [-0.1, -0.05) is 41.0 Å². The van der Waals surface area contributed by atoms with E-state index in [4.69, 9.17) is 16.1 Å². The van der Waals surface area contributed by atoms with Gasteiger partial charge in [-0.2, -0.15) is 0 Å². The summed E-state index contributed by atoms with van der Waals surface area (Å²) in [5.74, 6) is -0.371. The summed E-state index contributed by atoms with van der Waals surface area (Å²) in [5, 5.41) is 7.30. The van der Waals surface area contributed by atoms with Crippen molar-refractivity contribution in [1.29, 1.82) is 0 Å². The summed E-state index contributed by atoms with van der Waals surface area (Å²) in [6, 6.07) is 13.1. The minimum Gasteiger partial charge on any atom is -0.360 e. The predicted octanol–water partition coefficient (Wildman–Crippen LogP) is 4.37. The van der Waals surface area contributed by atoms with Crippen LogP contribution in [0.3, 0.4) is 0 Å². The Morgan fingerprint density at radius 3 is 2.79 bits per heavy atom. The third kappa shape index (κ3) is 3.46. The van der Waals surface area contributed by atoms with Gasteiger partial charge in [0.25, 0.3) is 5.91 Å². The second-order valence-corrected chi connectivity index (χ2v) is 5.72. The fraction of sp³-hybridized carbons (Fsp3) is 0.111. The van der Waals surface area contributed by atoms with Gasteiger partial charge in [0.1, 0.15) is 22.8 Å². The first-order valence-electron chi connectivity index (χ1n) is 7.29. The predicted molar refractivity (Wildman–Crippen MR) is 89.3 cm³/mol. The maximum atomic E-state index is 13.4. The molecule has 1 aromatic heterocycles. The third-order valence-corrected chi connectivity index (χ3v) is 3.77. The summed E-state index contributed by atoms with van der Waals surface area (Å²) in [5.41, 5.74) is 1.97. The number of hydrogen-bond donors (Lipinski definition) is 1. The van der Waals surface area contributed by atoms with Crippen molar-refractivity contribution in [3.63, 3.8) is 0 Å². The fourth-order valence-electron chi connectivity index (χ4n) is 2.39. The van der Waals surface area contributed by atoms with E-state index in [1.165, 1.54) is 12.1 Å². The zero-order valence-corrected chi connectivity index (χ0v) is 13.6. The van der Waals surface area contributed by atoms with Gasteiger partial charge in [-0.3, -0.25) is 4.79 Å². The molecule has 0 aliphatic carbocycles. The second-order valence-electron chi connectivity index (χ2n) is 5.29. The lowest BCUT2D eigenvalue weighted by atomic mass is 10.1. The van der Waals surface area contributed by atoms with Crippen molar-refractivity contribution in [2.24, 2.45) is 0 Å². The van der Waals surface area contributed by atoms with E-state index in [1.807, 2.05) is 12.1 Å². The lowest BCUT2D eigenvalue weighted by Crippen LogP contribution is -2.23. The number of aryl methyl sites for hydroxylation is 1. The van der Waals surface area contributed by atoms with Crippen LogP contribution in [0.1, 0.15) is 21.7 Å². The molecule has 0 atom stereocenters. The first-order chi connectivity index (χ1) is 11.5. The molecule has 0 fully saturated rings. The minimum absolute atomic E-state index is 0.294. The summed E-state index contributed by atoms with van der Waals surface area (Å²) in [4.78, 5) is 12.5. The van der Waals surface area contributed by atoms with E-state index in [2.05, 4.69) is 10.5 Å². The molecule has 0 radical (unpaired) electrons. The number of nitrogens with one attached hydrogen (secondary N) is 1. The highest BCUT2D eigenvalue weighted by atomic mass is 35.5. The Balaban J connectivity index is 1.84. The fourth-order valence-corrected chi connectivity index (χ4v) is 2.60. The third-order valence-electron chi connectivity index (χ3n) is 3.53. The van der Waals surface area contributed by atoms with Crippen molar-refractivity contribution >= 4 is 17.5 Å². The van der Waals surface area contributed by atoms with Crippen LogP contribution in [-0.4, -0.2) is 11.1 Å². The number of nitrogens with zero attached hydrogens (tertiary/aromatic N) is 1. The molecule has 0 unspecified atom stereocenters. The molecule has 0 aliphatic heterocycles. The van der Waals surface area contributed by atoms with Gasteiger partial charge in [-0.05, 0) is 36.8 Å². The molecule has 1 heterocycles. The molecule has 0 spiro atoms. The maximum Gasteiger partial charge on any atom is 0.257 e. The number of halogens is 2. The van der Waals surface area contributed by atoms with Crippen molar-refractivity contribution in [3.8, 4) is 11.3 Å². The molecule has 1 N–H and O–H groups in total. The number of amides is 1. The molecule has 0 saturated heterocycles. The van der Waals surface area contributed by atoms with Crippen molar-refractivity contribution in [2.75, 3.05) is 0 Å². The Kier molecular flexibility index (Phi) is 4.62. The summed E-state index contributed by atoms with van der Waals surface area (Å²) in [7, 11) is 0. The van der Waals surface area contributed by atoms with E-state index in [0.717, 1.165) is 5.56 Å². The second kappa shape index (κ2) is 6.84.